The van der Waals surface area contributed by atoms with Gasteiger partial charge in [-0.25, -0.2) is 9.59 Å². The molecule has 1 heterocycles. The normalized spacial score (nSPS) is 13.1. The van der Waals surface area contributed by atoms with Crippen molar-refractivity contribution in [3.05, 3.63) is 77.1 Å². The maximum Gasteiger partial charge on any atom is 0.407 e. The Bertz CT molecular complexity index is 1220. The van der Waals surface area contributed by atoms with Crippen LogP contribution in [0.3, 0.4) is 0 Å². The van der Waals surface area contributed by atoms with Gasteiger partial charge in [-0.1, -0.05) is 62.4 Å². The number of aromatic nitrogens is 2. The van der Waals surface area contributed by atoms with Crippen molar-refractivity contribution in [3.63, 3.8) is 0 Å². The van der Waals surface area contributed by atoms with Gasteiger partial charge in [-0.15, -0.1) is 0 Å². The Morgan fingerprint density at radius 1 is 1.06 bits per heavy atom. The molecular weight excluding hydrogens is 448 g/mol. The fourth-order valence-corrected chi connectivity index (χ4v) is 4.43. The monoisotopic (exact) mass is 476 g/mol. The topological polar surface area (TPSA) is 123 Å². The van der Waals surface area contributed by atoms with Crippen molar-refractivity contribution in [2.24, 2.45) is 13.0 Å². The second kappa shape index (κ2) is 10.0. The molecule has 0 unspecified atom stereocenters. The van der Waals surface area contributed by atoms with Gasteiger partial charge in [0.05, 0.1) is 18.4 Å². The summed E-state index contributed by atoms with van der Waals surface area (Å²) in [4.78, 5) is 36.9. The van der Waals surface area contributed by atoms with E-state index in [4.69, 9.17) is 4.74 Å². The summed E-state index contributed by atoms with van der Waals surface area (Å²) in [6.45, 7) is 3.72. The zero-order valence-corrected chi connectivity index (χ0v) is 19.8. The lowest BCUT2D eigenvalue weighted by Gasteiger charge is -2.22. The molecule has 0 fully saturated rings. The largest absolute Gasteiger partial charge is 0.478 e. The van der Waals surface area contributed by atoms with Gasteiger partial charge in [-0.2, -0.15) is 5.10 Å². The van der Waals surface area contributed by atoms with Crippen LogP contribution in [0, 0.1) is 5.92 Å². The van der Waals surface area contributed by atoms with Crippen LogP contribution in [0.25, 0.3) is 11.1 Å². The number of ether oxygens (including phenoxy) is 1. The second-order valence-corrected chi connectivity index (χ2v) is 8.84. The summed E-state index contributed by atoms with van der Waals surface area (Å²) >= 11 is 0. The van der Waals surface area contributed by atoms with E-state index >= 15 is 0 Å². The van der Waals surface area contributed by atoms with E-state index in [9.17, 15) is 19.5 Å². The van der Waals surface area contributed by atoms with Gasteiger partial charge in [-0.05, 0) is 28.2 Å². The third kappa shape index (κ3) is 4.89. The second-order valence-electron chi connectivity index (χ2n) is 8.84. The number of carboxylic acids is 1. The zero-order valence-electron chi connectivity index (χ0n) is 19.8. The van der Waals surface area contributed by atoms with Gasteiger partial charge in [0.2, 0.25) is 5.91 Å². The van der Waals surface area contributed by atoms with Gasteiger partial charge in [0.1, 0.15) is 18.2 Å². The molecule has 9 nitrogen and oxygen atoms in total. The van der Waals surface area contributed by atoms with Crippen LogP contribution in [0.4, 0.5) is 4.79 Å². The predicted molar refractivity (Wildman–Crippen MR) is 129 cm³/mol. The number of benzene rings is 2. The molecule has 0 bridgehead atoms. The quantitative estimate of drug-likeness (QED) is 0.459. The number of hydrogen-bond acceptors (Lipinski definition) is 5. The number of carbonyl (C=O) groups is 3. The fourth-order valence-electron chi connectivity index (χ4n) is 4.43. The van der Waals surface area contributed by atoms with E-state index in [1.54, 1.807) is 20.9 Å². The molecule has 3 aromatic rings. The molecule has 0 radical (unpaired) electrons. The van der Waals surface area contributed by atoms with E-state index in [-0.39, 0.29) is 30.6 Å². The minimum absolute atomic E-state index is 0.0124. The maximum absolute atomic E-state index is 12.8. The van der Waals surface area contributed by atoms with Crippen molar-refractivity contribution in [1.82, 2.24) is 20.4 Å². The maximum atomic E-state index is 12.8. The summed E-state index contributed by atoms with van der Waals surface area (Å²) in [5.41, 5.74) is 4.84. The molecule has 0 saturated carbocycles. The molecule has 2 aromatic carbocycles. The van der Waals surface area contributed by atoms with E-state index < -0.39 is 24.0 Å². The van der Waals surface area contributed by atoms with Gasteiger partial charge in [0, 0.05) is 13.0 Å². The third-order valence-electron chi connectivity index (χ3n) is 6.29. The Balaban J connectivity index is 1.39. The average Bonchev–Trinajstić information content (AvgIpc) is 3.37. The van der Waals surface area contributed by atoms with Gasteiger partial charge in [0.25, 0.3) is 0 Å². The van der Waals surface area contributed by atoms with Crippen molar-refractivity contribution in [1.29, 1.82) is 0 Å². The van der Waals surface area contributed by atoms with Crippen LogP contribution in [-0.2, 0) is 23.1 Å². The van der Waals surface area contributed by atoms with E-state index in [0.717, 1.165) is 22.3 Å². The van der Waals surface area contributed by atoms with Crippen molar-refractivity contribution < 1.29 is 24.2 Å². The van der Waals surface area contributed by atoms with Gasteiger partial charge in [0.15, 0.2) is 0 Å². The molecule has 0 saturated heterocycles. The van der Waals surface area contributed by atoms with Gasteiger partial charge >= 0.3 is 12.1 Å². The number of carbonyl (C=O) groups excluding carboxylic acids is 2. The lowest BCUT2D eigenvalue weighted by atomic mass is 9.98. The third-order valence-corrected chi connectivity index (χ3v) is 6.29. The van der Waals surface area contributed by atoms with Crippen LogP contribution in [0.2, 0.25) is 0 Å². The van der Waals surface area contributed by atoms with Crippen LogP contribution >= 0.6 is 0 Å². The summed E-state index contributed by atoms with van der Waals surface area (Å²) in [7, 11) is 1.60. The predicted octanol–water partition coefficient (Wildman–Crippen LogP) is 3.30. The van der Waals surface area contributed by atoms with Crippen molar-refractivity contribution in [3.8, 4) is 11.1 Å². The number of carboxylic acid groups (broad SMARTS) is 1. The van der Waals surface area contributed by atoms with Crippen molar-refractivity contribution in [2.45, 2.75) is 32.4 Å². The molecule has 1 atom stereocenters. The summed E-state index contributed by atoms with van der Waals surface area (Å²) in [6.07, 6.45) is 0.547. The zero-order chi connectivity index (χ0) is 25.1. The summed E-state index contributed by atoms with van der Waals surface area (Å²) in [5, 5.41) is 18.6. The highest BCUT2D eigenvalue weighted by Gasteiger charge is 2.30. The van der Waals surface area contributed by atoms with E-state index in [2.05, 4.69) is 27.9 Å². The van der Waals surface area contributed by atoms with Crippen LogP contribution < -0.4 is 10.6 Å². The van der Waals surface area contributed by atoms with Crippen molar-refractivity contribution in [2.75, 3.05) is 6.61 Å². The standard InChI is InChI=1S/C26H28N4O5/c1-15(2)23(24(31)27-13-22-20(25(32)33)12-28-30(22)3)29-26(34)35-14-21-18-10-6-4-8-16(18)17-9-5-7-11-19(17)21/h4-12,15,21,23H,13-14H2,1-3H3,(H,27,31)(H,29,34)(H,32,33)/t23-/m1/s1. The number of fused-ring (bicyclic) bond motifs is 3. The molecular formula is C26H28N4O5. The van der Waals surface area contributed by atoms with E-state index in [0.29, 0.717) is 5.69 Å². The fraction of sp³-hybridized carbons (Fsp3) is 0.308. The minimum atomic E-state index is -1.13. The molecule has 0 spiro atoms. The summed E-state index contributed by atoms with van der Waals surface area (Å²) in [6, 6.07) is 15.3. The molecule has 182 valence electrons. The molecule has 2 amide bonds. The van der Waals surface area contributed by atoms with E-state index in [1.165, 1.54) is 10.9 Å². The molecule has 3 N–H and O–H groups in total. The lowest BCUT2D eigenvalue weighted by molar-refractivity contribution is -0.124. The Hall–Kier alpha value is -4.14. The van der Waals surface area contributed by atoms with Crippen LogP contribution in [0.1, 0.15) is 46.9 Å². The summed E-state index contributed by atoms with van der Waals surface area (Å²) < 4.78 is 6.96. The van der Waals surface area contributed by atoms with Gasteiger partial charge in [-0.3, -0.25) is 9.48 Å². The number of alkyl carbamates (subject to hydrolysis) is 1. The van der Waals surface area contributed by atoms with Crippen LogP contribution in [0.5, 0.6) is 0 Å². The Morgan fingerprint density at radius 3 is 2.23 bits per heavy atom. The van der Waals surface area contributed by atoms with Gasteiger partial charge < -0.3 is 20.5 Å². The molecule has 35 heavy (non-hydrogen) atoms. The first kappa shape index (κ1) is 24.0. The van der Waals surface area contributed by atoms with E-state index in [1.807, 2.05) is 36.4 Å². The van der Waals surface area contributed by atoms with Crippen LogP contribution in [0.15, 0.2) is 54.7 Å². The number of nitrogens with one attached hydrogen (secondary N) is 2. The first-order valence-corrected chi connectivity index (χ1v) is 11.4. The minimum Gasteiger partial charge on any atom is -0.478 e. The number of hydrogen-bond donors (Lipinski definition) is 3. The van der Waals surface area contributed by atoms with Crippen LogP contribution in [-0.4, -0.2) is 45.5 Å². The Kier molecular flexibility index (Phi) is 6.86. The highest BCUT2D eigenvalue weighted by atomic mass is 16.5. The first-order valence-electron chi connectivity index (χ1n) is 11.4. The highest BCUT2D eigenvalue weighted by Crippen LogP contribution is 2.44. The molecule has 9 heteroatoms. The smallest absolute Gasteiger partial charge is 0.407 e. The molecule has 1 aromatic heterocycles. The Morgan fingerprint density at radius 2 is 1.66 bits per heavy atom. The average molecular weight is 477 g/mol. The molecule has 4 rings (SSSR count). The number of amides is 2. The number of aromatic carboxylic acids is 1. The molecule has 0 aliphatic heterocycles. The first-order chi connectivity index (χ1) is 16.8. The number of aryl methyl sites for hydroxylation is 1. The highest BCUT2D eigenvalue weighted by molar-refractivity contribution is 5.89. The molecule has 1 aliphatic rings. The van der Waals surface area contributed by atoms with Crippen molar-refractivity contribution >= 4 is 18.0 Å². The number of nitrogens with zero attached hydrogens (tertiary/aromatic N) is 2. The SMILES string of the molecule is CC(C)[C@@H](NC(=O)OCC1c2ccccc2-c2ccccc21)C(=O)NCc1c(C(=O)O)cnn1C. The lowest BCUT2D eigenvalue weighted by Crippen LogP contribution is -2.50. The summed E-state index contributed by atoms with van der Waals surface area (Å²) in [5.74, 6) is -1.87. The number of rotatable bonds is 8. The molecule has 1 aliphatic carbocycles. The Labute approximate surface area is 203 Å².